The van der Waals surface area contributed by atoms with Crippen molar-refractivity contribution in [2.45, 2.75) is 46.6 Å². The van der Waals surface area contributed by atoms with E-state index < -0.39 is 0 Å². The maximum Gasteiger partial charge on any atom is 0.121 e. The van der Waals surface area contributed by atoms with E-state index in [0.717, 1.165) is 24.4 Å². The first-order valence-corrected chi connectivity index (χ1v) is 5.33. The fourth-order valence-corrected chi connectivity index (χ4v) is 1.44. The quantitative estimate of drug-likeness (QED) is 0.800. The minimum Gasteiger partial charge on any atom is -0.464 e. The summed E-state index contributed by atoms with van der Waals surface area (Å²) in [4.78, 5) is 0. The molecule has 1 aromatic rings. The molecule has 0 saturated heterocycles. The van der Waals surface area contributed by atoms with E-state index in [1.165, 1.54) is 5.56 Å². The Morgan fingerprint density at radius 2 is 1.93 bits per heavy atom. The summed E-state index contributed by atoms with van der Waals surface area (Å²) in [6.45, 7) is 8.46. The van der Waals surface area contributed by atoms with Crippen LogP contribution in [0.25, 0.3) is 0 Å². The summed E-state index contributed by atoms with van der Waals surface area (Å²) in [5, 5.41) is 0. The second-order valence-corrected chi connectivity index (χ2v) is 4.47. The smallest absolute Gasteiger partial charge is 0.121 e. The fourth-order valence-electron chi connectivity index (χ4n) is 1.44. The van der Waals surface area contributed by atoms with Crippen LogP contribution in [0.15, 0.2) is 10.5 Å². The number of hydrogen-bond donors (Lipinski definition) is 1. The van der Waals surface area contributed by atoms with Crippen molar-refractivity contribution in [2.75, 3.05) is 0 Å². The topological polar surface area (TPSA) is 39.2 Å². The molecule has 1 atom stereocenters. The predicted molar refractivity (Wildman–Crippen MR) is 59.2 cm³/mol. The number of nitrogens with two attached hydrogens (primary N) is 1. The van der Waals surface area contributed by atoms with Crippen molar-refractivity contribution in [3.8, 4) is 0 Å². The first-order chi connectivity index (χ1) is 6.50. The molecule has 0 aromatic carbocycles. The molecule has 0 radical (unpaired) electrons. The van der Waals surface area contributed by atoms with Crippen molar-refractivity contribution in [3.05, 3.63) is 23.2 Å². The van der Waals surface area contributed by atoms with Crippen LogP contribution in [0.5, 0.6) is 0 Å². The van der Waals surface area contributed by atoms with Gasteiger partial charge in [0.1, 0.15) is 11.5 Å². The summed E-state index contributed by atoms with van der Waals surface area (Å²) in [7, 11) is 0. The van der Waals surface area contributed by atoms with Gasteiger partial charge in [-0.25, -0.2) is 0 Å². The lowest BCUT2D eigenvalue weighted by Gasteiger charge is -2.10. The average molecular weight is 195 g/mol. The summed E-state index contributed by atoms with van der Waals surface area (Å²) >= 11 is 0. The lowest BCUT2D eigenvalue weighted by Crippen LogP contribution is -2.10. The molecule has 1 heterocycles. The Labute approximate surface area is 86.5 Å². The van der Waals surface area contributed by atoms with Gasteiger partial charge in [-0.3, -0.25) is 0 Å². The van der Waals surface area contributed by atoms with Gasteiger partial charge in [0.25, 0.3) is 0 Å². The summed E-state index contributed by atoms with van der Waals surface area (Å²) in [5.74, 6) is 2.62. The minimum absolute atomic E-state index is 0.0600. The molecule has 0 aliphatic rings. The number of aryl methyl sites for hydroxylation is 2. The van der Waals surface area contributed by atoms with Crippen molar-refractivity contribution in [1.29, 1.82) is 0 Å². The van der Waals surface area contributed by atoms with Gasteiger partial charge in [-0.2, -0.15) is 0 Å². The second-order valence-electron chi connectivity index (χ2n) is 4.47. The van der Waals surface area contributed by atoms with Gasteiger partial charge in [-0.15, -0.1) is 0 Å². The van der Waals surface area contributed by atoms with Crippen molar-refractivity contribution in [2.24, 2.45) is 11.7 Å². The number of furan rings is 1. The summed E-state index contributed by atoms with van der Waals surface area (Å²) < 4.78 is 5.58. The standard InChI is InChI=1S/C12H21NO/c1-8(2)5-6-11(13)12-7-9(3)10(4)14-12/h7-8,11H,5-6,13H2,1-4H3/t11-/m0/s1. The number of rotatable bonds is 4. The highest BCUT2D eigenvalue weighted by Gasteiger charge is 2.12. The Bertz CT molecular complexity index is 269. The minimum atomic E-state index is 0.0600. The summed E-state index contributed by atoms with van der Waals surface area (Å²) in [6.07, 6.45) is 2.16. The Morgan fingerprint density at radius 3 is 2.36 bits per heavy atom. The highest BCUT2D eigenvalue weighted by atomic mass is 16.3. The molecular formula is C12H21NO. The lowest BCUT2D eigenvalue weighted by molar-refractivity contribution is 0.411. The zero-order valence-corrected chi connectivity index (χ0v) is 9.63. The predicted octanol–water partition coefficient (Wildman–Crippen LogP) is 3.33. The molecule has 14 heavy (non-hydrogen) atoms. The molecule has 0 bridgehead atoms. The number of hydrogen-bond acceptors (Lipinski definition) is 2. The van der Waals surface area contributed by atoms with Crippen LogP contribution in [-0.4, -0.2) is 0 Å². The van der Waals surface area contributed by atoms with Crippen LogP contribution in [0.2, 0.25) is 0 Å². The zero-order valence-electron chi connectivity index (χ0n) is 9.63. The van der Waals surface area contributed by atoms with E-state index in [4.69, 9.17) is 10.2 Å². The van der Waals surface area contributed by atoms with Crippen molar-refractivity contribution in [1.82, 2.24) is 0 Å². The molecular weight excluding hydrogens is 174 g/mol. The van der Waals surface area contributed by atoms with Gasteiger partial charge >= 0.3 is 0 Å². The SMILES string of the molecule is Cc1cc([C@@H](N)CCC(C)C)oc1C. The first kappa shape index (κ1) is 11.3. The Morgan fingerprint density at radius 1 is 1.29 bits per heavy atom. The van der Waals surface area contributed by atoms with Crippen molar-refractivity contribution < 1.29 is 4.42 Å². The van der Waals surface area contributed by atoms with E-state index in [1.54, 1.807) is 0 Å². The van der Waals surface area contributed by atoms with E-state index in [1.807, 2.05) is 6.92 Å². The van der Waals surface area contributed by atoms with Gasteiger partial charge in [0.05, 0.1) is 6.04 Å². The van der Waals surface area contributed by atoms with Gasteiger partial charge in [-0.1, -0.05) is 13.8 Å². The second kappa shape index (κ2) is 4.65. The van der Waals surface area contributed by atoms with Gasteiger partial charge in [0.15, 0.2) is 0 Å². The highest BCUT2D eigenvalue weighted by molar-refractivity contribution is 5.20. The largest absolute Gasteiger partial charge is 0.464 e. The molecule has 2 N–H and O–H groups in total. The van der Waals surface area contributed by atoms with Crippen molar-refractivity contribution in [3.63, 3.8) is 0 Å². The lowest BCUT2D eigenvalue weighted by atomic mass is 10.0. The van der Waals surface area contributed by atoms with Crippen LogP contribution in [-0.2, 0) is 0 Å². The molecule has 1 aromatic heterocycles. The molecule has 2 heteroatoms. The molecule has 0 aliphatic heterocycles. The molecule has 0 amide bonds. The van der Waals surface area contributed by atoms with Gasteiger partial charge in [0, 0.05) is 0 Å². The van der Waals surface area contributed by atoms with Gasteiger partial charge in [-0.05, 0) is 44.2 Å². The molecule has 80 valence electrons. The summed E-state index contributed by atoms with van der Waals surface area (Å²) in [5.41, 5.74) is 7.23. The van der Waals surface area contributed by atoms with Crippen LogP contribution >= 0.6 is 0 Å². The molecule has 1 rings (SSSR count). The van der Waals surface area contributed by atoms with Gasteiger partial charge < -0.3 is 10.2 Å². The van der Waals surface area contributed by atoms with E-state index in [-0.39, 0.29) is 6.04 Å². The Balaban J connectivity index is 2.56. The molecule has 0 aliphatic carbocycles. The van der Waals surface area contributed by atoms with Crippen LogP contribution in [0.1, 0.15) is 49.8 Å². The molecule has 0 unspecified atom stereocenters. The van der Waals surface area contributed by atoms with E-state index >= 15 is 0 Å². The van der Waals surface area contributed by atoms with Crippen LogP contribution in [0.3, 0.4) is 0 Å². The van der Waals surface area contributed by atoms with Crippen LogP contribution in [0.4, 0.5) is 0 Å². The van der Waals surface area contributed by atoms with Crippen LogP contribution < -0.4 is 5.73 Å². The third-order valence-corrected chi connectivity index (χ3v) is 2.61. The third kappa shape index (κ3) is 2.88. The maximum absolute atomic E-state index is 6.03. The molecule has 0 spiro atoms. The van der Waals surface area contributed by atoms with Gasteiger partial charge in [0.2, 0.25) is 0 Å². The fraction of sp³-hybridized carbons (Fsp3) is 0.667. The average Bonchev–Trinajstić information content (AvgIpc) is 2.43. The summed E-state index contributed by atoms with van der Waals surface area (Å²) in [6, 6.07) is 2.12. The normalized spacial score (nSPS) is 13.6. The Hall–Kier alpha value is -0.760. The van der Waals surface area contributed by atoms with E-state index in [9.17, 15) is 0 Å². The molecule has 0 fully saturated rings. The first-order valence-electron chi connectivity index (χ1n) is 5.33. The molecule has 2 nitrogen and oxygen atoms in total. The monoisotopic (exact) mass is 195 g/mol. The third-order valence-electron chi connectivity index (χ3n) is 2.61. The molecule has 0 saturated carbocycles. The van der Waals surface area contributed by atoms with E-state index in [0.29, 0.717) is 5.92 Å². The highest BCUT2D eigenvalue weighted by Crippen LogP contribution is 2.23. The Kier molecular flexibility index (Phi) is 3.76. The van der Waals surface area contributed by atoms with E-state index in [2.05, 4.69) is 26.8 Å². The zero-order chi connectivity index (χ0) is 10.7. The maximum atomic E-state index is 6.03. The van der Waals surface area contributed by atoms with Crippen LogP contribution in [0, 0.1) is 19.8 Å². The van der Waals surface area contributed by atoms with Crippen molar-refractivity contribution >= 4 is 0 Å².